The van der Waals surface area contributed by atoms with E-state index >= 15 is 0 Å². The Labute approximate surface area is 124 Å². The lowest BCUT2D eigenvalue weighted by Crippen LogP contribution is -2.45. The largest absolute Gasteiger partial charge is 0.395 e. The van der Waals surface area contributed by atoms with E-state index in [1.54, 1.807) is 6.07 Å². The van der Waals surface area contributed by atoms with Crippen LogP contribution in [0.15, 0.2) is 18.2 Å². The highest BCUT2D eigenvalue weighted by Gasteiger charge is 2.25. The molecule has 1 aromatic carbocycles. The first-order chi connectivity index (χ1) is 9.60. The maximum Gasteiger partial charge on any atom is 0.238 e. The number of carbonyl (C=O) groups is 1. The van der Waals surface area contributed by atoms with E-state index in [1.165, 1.54) is 6.42 Å². The molecule has 1 aromatic rings. The van der Waals surface area contributed by atoms with Gasteiger partial charge in [0.15, 0.2) is 0 Å². The smallest absolute Gasteiger partial charge is 0.238 e. The lowest BCUT2D eigenvalue weighted by Gasteiger charge is -2.36. The molecule has 0 spiro atoms. The van der Waals surface area contributed by atoms with Crippen LogP contribution in [0, 0.1) is 6.92 Å². The third kappa shape index (κ3) is 3.95. The quantitative estimate of drug-likeness (QED) is 0.848. The second kappa shape index (κ2) is 7.07. The van der Waals surface area contributed by atoms with Gasteiger partial charge < -0.3 is 10.4 Å². The molecule has 0 radical (unpaired) electrons. The van der Waals surface area contributed by atoms with E-state index in [-0.39, 0.29) is 12.5 Å². The zero-order chi connectivity index (χ0) is 14.5. The number of aliphatic hydroxyl groups is 1. The first-order valence-electron chi connectivity index (χ1n) is 7.01. The van der Waals surface area contributed by atoms with E-state index in [2.05, 4.69) is 10.2 Å². The van der Waals surface area contributed by atoms with Crippen molar-refractivity contribution < 1.29 is 9.90 Å². The molecule has 1 saturated carbocycles. The van der Waals surface area contributed by atoms with Gasteiger partial charge in [0.1, 0.15) is 0 Å². The summed E-state index contributed by atoms with van der Waals surface area (Å²) in [5, 5.41) is 12.6. The average molecular weight is 297 g/mol. The van der Waals surface area contributed by atoms with Crippen LogP contribution in [-0.4, -0.2) is 41.7 Å². The maximum atomic E-state index is 12.1. The van der Waals surface area contributed by atoms with E-state index in [0.29, 0.717) is 29.8 Å². The summed E-state index contributed by atoms with van der Waals surface area (Å²) >= 11 is 6.04. The first-order valence-corrected chi connectivity index (χ1v) is 7.39. The molecular weight excluding hydrogens is 276 g/mol. The molecule has 0 heterocycles. The van der Waals surface area contributed by atoms with Crippen LogP contribution in [0.3, 0.4) is 0 Å². The molecule has 0 saturated heterocycles. The van der Waals surface area contributed by atoms with Gasteiger partial charge in [0.25, 0.3) is 0 Å². The highest BCUT2D eigenvalue weighted by molar-refractivity contribution is 6.31. The summed E-state index contributed by atoms with van der Waals surface area (Å²) in [7, 11) is 0. The minimum atomic E-state index is -0.0646. The molecule has 1 fully saturated rings. The third-order valence-electron chi connectivity index (χ3n) is 3.78. The molecule has 2 N–H and O–H groups in total. The first kappa shape index (κ1) is 15.3. The van der Waals surface area contributed by atoms with E-state index in [9.17, 15) is 4.79 Å². The van der Waals surface area contributed by atoms with Gasteiger partial charge in [-0.15, -0.1) is 0 Å². The number of aliphatic hydroxyl groups excluding tert-OH is 1. The molecule has 110 valence electrons. The number of halogens is 1. The molecule has 0 aliphatic heterocycles. The molecule has 1 aliphatic carbocycles. The Hall–Kier alpha value is -1.10. The van der Waals surface area contributed by atoms with Gasteiger partial charge in [-0.2, -0.15) is 0 Å². The summed E-state index contributed by atoms with van der Waals surface area (Å²) in [5.74, 6) is -0.0646. The zero-order valence-corrected chi connectivity index (χ0v) is 12.5. The second-order valence-electron chi connectivity index (χ2n) is 5.29. The van der Waals surface area contributed by atoms with Gasteiger partial charge in [-0.1, -0.05) is 24.1 Å². The van der Waals surface area contributed by atoms with Crippen LogP contribution < -0.4 is 5.32 Å². The fraction of sp³-hybridized carbons (Fsp3) is 0.533. The van der Waals surface area contributed by atoms with Crippen LogP contribution in [0.1, 0.15) is 24.8 Å². The highest BCUT2D eigenvalue weighted by Crippen LogP contribution is 2.24. The number of rotatable bonds is 6. The van der Waals surface area contributed by atoms with Gasteiger partial charge in [-0.3, -0.25) is 9.69 Å². The average Bonchev–Trinajstić information content (AvgIpc) is 2.32. The number of anilines is 1. The minimum absolute atomic E-state index is 0.0646. The van der Waals surface area contributed by atoms with Crippen molar-refractivity contribution in [2.45, 2.75) is 32.2 Å². The predicted molar refractivity (Wildman–Crippen MR) is 81.1 cm³/mol. The Bertz CT molecular complexity index is 475. The Kier molecular flexibility index (Phi) is 5.40. The van der Waals surface area contributed by atoms with Crippen molar-refractivity contribution in [3.63, 3.8) is 0 Å². The predicted octanol–water partition coefficient (Wildman–Crippen LogP) is 2.43. The third-order valence-corrected chi connectivity index (χ3v) is 4.19. The normalized spacial score (nSPS) is 15.2. The van der Waals surface area contributed by atoms with Gasteiger partial charge in [0.2, 0.25) is 5.91 Å². The number of amides is 1. The van der Waals surface area contributed by atoms with Crippen molar-refractivity contribution >= 4 is 23.2 Å². The summed E-state index contributed by atoms with van der Waals surface area (Å²) < 4.78 is 0. The number of benzene rings is 1. The van der Waals surface area contributed by atoms with Crippen molar-refractivity contribution in [3.05, 3.63) is 28.8 Å². The zero-order valence-electron chi connectivity index (χ0n) is 11.7. The molecule has 0 bridgehead atoms. The van der Waals surface area contributed by atoms with E-state index in [1.807, 2.05) is 19.1 Å². The Balaban J connectivity index is 1.91. The number of nitrogens with zero attached hydrogens (tertiary/aromatic N) is 1. The number of nitrogens with one attached hydrogen (secondary N) is 1. The van der Waals surface area contributed by atoms with Crippen molar-refractivity contribution in [2.75, 3.05) is 25.0 Å². The SMILES string of the molecule is Cc1ccc(NC(=O)CN(CCO)C2CCC2)cc1Cl. The van der Waals surface area contributed by atoms with Crippen molar-refractivity contribution in [3.8, 4) is 0 Å². The summed E-state index contributed by atoms with van der Waals surface area (Å²) in [6, 6.07) is 5.93. The second-order valence-corrected chi connectivity index (χ2v) is 5.70. The fourth-order valence-corrected chi connectivity index (χ4v) is 2.51. The number of carbonyl (C=O) groups excluding carboxylic acids is 1. The summed E-state index contributed by atoms with van der Waals surface area (Å²) in [5.41, 5.74) is 1.70. The van der Waals surface area contributed by atoms with E-state index < -0.39 is 0 Å². The van der Waals surface area contributed by atoms with Gasteiger partial charge >= 0.3 is 0 Å². The van der Waals surface area contributed by atoms with Crippen LogP contribution in [0.25, 0.3) is 0 Å². The molecule has 0 unspecified atom stereocenters. The summed E-state index contributed by atoms with van der Waals surface area (Å²) in [4.78, 5) is 14.1. The molecule has 4 nitrogen and oxygen atoms in total. The van der Waals surface area contributed by atoms with Crippen LogP contribution in [0.5, 0.6) is 0 Å². The molecule has 5 heteroatoms. The molecule has 2 rings (SSSR count). The fourth-order valence-electron chi connectivity index (χ4n) is 2.33. The monoisotopic (exact) mass is 296 g/mol. The lowest BCUT2D eigenvalue weighted by atomic mass is 9.91. The minimum Gasteiger partial charge on any atom is -0.395 e. The summed E-state index contributed by atoms with van der Waals surface area (Å²) in [6.07, 6.45) is 3.44. The molecule has 0 atom stereocenters. The Morgan fingerprint density at radius 2 is 2.25 bits per heavy atom. The molecular formula is C15H21ClN2O2. The van der Waals surface area contributed by atoms with Crippen molar-refractivity contribution in [2.24, 2.45) is 0 Å². The Morgan fingerprint density at radius 3 is 2.80 bits per heavy atom. The Morgan fingerprint density at radius 1 is 1.50 bits per heavy atom. The molecule has 1 amide bonds. The number of hydrogen-bond donors (Lipinski definition) is 2. The van der Waals surface area contributed by atoms with Gasteiger partial charge in [-0.25, -0.2) is 0 Å². The van der Waals surface area contributed by atoms with E-state index in [4.69, 9.17) is 16.7 Å². The standard InChI is InChI=1S/C15H21ClN2O2/c1-11-5-6-12(9-14(11)16)17-15(20)10-18(7-8-19)13-3-2-4-13/h5-6,9,13,19H,2-4,7-8,10H2,1H3,(H,17,20). The topological polar surface area (TPSA) is 52.6 Å². The molecule has 20 heavy (non-hydrogen) atoms. The van der Waals surface area contributed by atoms with Crippen molar-refractivity contribution in [1.82, 2.24) is 4.90 Å². The van der Waals surface area contributed by atoms with Gasteiger partial charge in [0.05, 0.1) is 13.2 Å². The number of hydrogen-bond acceptors (Lipinski definition) is 3. The van der Waals surface area contributed by atoms with Crippen molar-refractivity contribution in [1.29, 1.82) is 0 Å². The van der Waals surface area contributed by atoms with Crippen LogP contribution in [0.2, 0.25) is 5.02 Å². The summed E-state index contributed by atoms with van der Waals surface area (Å²) in [6.45, 7) is 2.87. The van der Waals surface area contributed by atoms with Crippen LogP contribution >= 0.6 is 11.6 Å². The molecule has 0 aromatic heterocycles. The van der Waals surface area contributed by atoms with Gasteiger partial charge in [0, 0.05) is 23.3 Å². The van der Waals surface area contributed by atoms with Crippen LogP contribution in [-0.2, 0) is 4.79 Å². The maximum absolute atomic E-state index is 12.1. The molecule has 1 aliphatic rings. The van der Waals surface area contributed by atoms with E-state index in [0.717, 1.165) is 18.4 Å². The highest BCUT2D eigenvalue weighted by atomic mass is 35.5. The number of aryl methyl sites for hydroxylation is 1. The van der Waals surface area contributed by atoms with Crippen LogP contribution in [0.4, 0.5) is 5.69 Å². The lowest BCUT2D eigenvalue weighted by molar-refractivity contribution is -0.118. The van der Waals surface area contributed by atoms with Gasteiger partial charge in [-0.05, 0) is 37.5 Å².